The van der Waals surface area contributed by atoms with Crippen LogP contribution in [0, 0.1) is 0 Å². The highest BCUT2D eigenvalue weighted by atomic mass is 32.4. The van der Waals surface area contributed by atoms with Crippen LogP contribution in [0.15, 0.2) is 0 Å². The van der Waals surface area contributed by atoms with Crippen molar-refractivity contribution in [3.8, 4) is 0 Å². The summed E-state index contributed by atoms with van der Waals surface area (Å²) in [6.45, 7) is 3.34. The SMILES string of the molecule is CCCCCCCCCCCCCCCCS[SiH2]C1CCCCO1. The second kappa shape index (κ2) is 18.3. The molecule has 0 spiro atoms. The third kappa shape index (κ3) is 14.8. The fraction of sp³-hybridized carbons (Fsp3) is 1.00. The Labute approximate surface area is 158 Å². The Bertz CT molecular complexity index is 244. The number of hydrogen-bond acceptors (Lipinski definition) is 2. The summed E-state index contributed by atoms with van der Waals surface area (Å²) in [7, 11) is -0.00327. The van der Waals surface area contributed by atoms with E-state index >= 15 is 0 Å². The molecule has 24 heavy (non-hydrogen) atoms. The molecular formula is C21H44OSSi. The van der Waals surface area contributed by atoms with Crippen molar-refractivity contribution in [2.24, 2.45) is 0 Å². The van der Waals surface area contributed by atoms with Crippen molar-refractivity contribution in [3.63, 3.8) is 0 Å². The summed E-state index contributed by atoms with van der Waals surface area (Å²) >= 11 is 2.26. The van der Waals surface area contributed by atoms with E-state index in [1.54, 1.807) is 0 Å². The van der Waals surface area contributed by atoms with E-state index in [2.05, 4.69) is 18.1 Å². The predicted molar refractivity (Wildman–Crippen MR) is 115 cm³/mol. The molecule has 1 rings (SSSR count). The molecule has 1 saturated heterocycles. The van der Waals surface area contributed by atoms with Gasteiger partial charge in [0.05, 0.1) is 5.73 Å². The van der Waals surface area contributed by atoms with E-state index in [1.807, 2.05) is 0 Å². The van der Waals surface area contributed by atoms with E-state index in [0.29, 0.717) is 5.73 Å². The van der Waals surface area contributed by atoms with Crippen LogP contribution in [0.1, 0.15) is 116 Å². The molecule has 1 fully saturated rings. The summed E-state index contributed by atoms with van der Waals surface area (Å²) in [5.74, 6) is 1.41. The molecule has 3 heteroatoms. The van der Waals surface area contributed by atoms with E-state index in [9.17, 15) is 0 Å². The molecule has 144 valence electrons. The molecule has 0 bridgehead atoms. The molecule has 1 atom stereocenters. The van der Waals surface area contributed by atoms with Crippen LogP contribution in [-0.2, 0) is 4.74 Å². The molecule has 1 aliphatic heterocycles. The van der Waals surface area contributed by atoms with E-state index in [1.165, 1.54) is 115 Å². The molecule has 0 amide bonds. The summed E-state index contributed by atoms with van der Waals surface area (Å²) < 4.78 is 5.84. The normalized spacial score (nSPS) is 18.6. The maximum atomic E-state index is 5.84. The molecule has 0 radical (unpaired) electrons. The van der Waals surface area contributed by atoms with Gasteiger partial charge in [-0.1, -0.05) is 90.4 Å². The van der Waals surface area contributed by atoms with Crippen molar-refractivity contribution in [1.82, 2.24) is 0 Å². The van der Waals surface area contributed by atoms with Gasteiger partial charge in [-0.25, -0.2) is 0 Å². The van der Waals surface area contributed by atoms with Crippen molar-refractivity contribution in [2.75, 3.05) is 12.4 Å². The zero-order valence-electron chi connectivity index (χ0n) is 16.5. The topological polar surface area (TPSA) is 9.23 Å². The van der Waals surface area contributed by atoms with Crippen molar-refractivity contribution in [2.45, 2.75) is 122 Å². The lowest BCUT2D eigenvalue weighted by atomic mass is 10.0. The highest BCUT2D eigenvalue weighted by Crippen LogP contribution is 2.17. The van der Waals surface area contributed by atoms with Crippen LogP contribution in [0.25, 0.3) is 0 Å². The number of hydrogen-bond donors (Lipinski definition) is 0. The van der Waals surface area contributed by atoms with E-state index < -0.39 is 0 Å². The van der Waals surface area contributed by atoms with Gasteiger partial charge in [0, 0.05) is 6.61 Å². The Morgan fingerprint density at radius 2 is 1.29 bits per heavy atom. The lowest BCUT2D eigenvalue weighted by molar-refractivity contribution is 0.0668. The molecule has 0 saturated carbocycles. The molecular weight excluding hydrogens is 328 g/mol. The van der Waals surface area contributed by atoms with Gasteiger partial charge in [0.25, 0.3) is 0 Å². The van der Waals surface area contributed by atoms with Crippen molar-refractivity contribution >= 4 is 19.9 Å². The Balaban J connectivity index is 1.66. The van der Waals surface area contributed by atoms with Crippen LogP contribution in [0.5, 0.6) is 0 Å². The summed E-state index contributed by atoms with van der Waals surface area (Å²) in [6, 6.07) is 0. The van der Waals surface area contributed by atoms with Crippen molar-refractivity contribution in [1.29, 1.82) is 0 Å². The zero-order valence-corrected chi connectivity index (χ0v) is 18.8. The van der Waals surface area contributed by atoms with Gasteiger partial charge in [0.2, 0.25) is 0 Å². The maximum absolute atomic E-state index is 5.84. The summed E-state index contributed by atoms with van der Waals surface area (Å²) in [6.07, 6.45) is 24.6. The van der Waals surface area contributed by atoms with Crippen LogP contribution < -0.4 is 0 Å². The van der Waals surface area contributed by atoms with Crippen molar-refractivity contribution in [3.05, 3.63) is 0 Å². The predicted octanol–water partition coefficient (Wildman–Crippen LogP) is 6.81. The third-order valence-corrected chi connectivity index (χ3v) is 9.74. The van der Waals surface area contributed by atoms with E-state index in [-0.39, 0.29) is 8.67 Å². The Morgan fingerprint density at radius 3 is 1.79 bits per heavy atom. The van der Waals surface area contributed by atoms with E-state index in [0.717, 1.165) is 6.61 Å². The molecule has 1 unspecified atom stereocenters. The first-order valence-electron chi connectivity index (χ1n) is 11.1. The second-order valence-electron chi connectivity index (χ2n) is 7.66. The average molecular weight is 373 g/mol. The van der Waals surface area contributed by atoms with Crippen LogP contribution in [-0.4, -0.2) is 26.8 Å². The van der Waals surface area contributed by atoms with Gasteiger partial charge in [-0.3, -0.25) is 0 Å². The second-order valence-corrected chi connectivity index (χ2v) is 11.9. The standard InChI is InChI=1S/C21H44OSSi/c1-2-3-4-5-6-7-8-9-10-11-12-13-14-17-20-23-24-21-18-15-16-19-22-21/h21H,2-20,24H2,1H3. The first kappa shape index (κ1) is 22.6. The monoisotopic (exact) mass is 372 g/mol. The molecule has 0 N–H and O–H groups in total. The Morgan fingerprint density at radius 1 is 0.750 bits per heavy atom. The first-order valence-corrected chi connectivity index (χ1v) is 14.8. The minimum atomic E-state index is -0.00327. The molecule has 1 aliphatic rings. The quantitative estimate of drug-likeness (QED) is 0.205. The number of unbranched alkanes of at least 4 members (excludes halogenated alkanes) is 13. The molecule has 0 aromatic heterocycles. The molecule has 1 heterocycles. The Kier molecular flexibility index (Phi) is 17.2. The Hall–Kier alpha value is 0.527. The minimum Gasteiger partial charge on any atom is -0.381 e. The van der Waals surface area contributed by atoms with Gasteiger partial charge in [0.15, 0.2) is 0 Å². The molecule has 0 aromatic carbocycles. The van der Waals surface area contributed by atoms with Gasteiger partial charge >= 0.3 is 0 Å². The van der Waals surface area contributed by atoms with Crippen LogP contribution in [0.4, 0.5) is 0 Å². The largest absolute Gasteiger partial charge is 0.381 e. The number of ether oxygens (including phenoxy) is 1. The molecule has 0 aliphatic carbocycles. The fourth-order valence-electron chi connectivity index (χ4n) is 3.55. The molecule has 0 aromatic rings. The van der Waals surface area contributed by atoms with Gasteiger partial charge < -0.3 is 4.74 Å². The van der Waals surface area contributed by atoms with Gasteiger partial charge in [-0.2, -0.15) is 11.2 Å². The van der Waals surface area contributed by atoms with Crippen molar-refractivity contribution < 1.29 is 4.74 Å². The van der Waals surface area contributed by atoms with Gasteiger partial charge in [0.1, 0.15) is 8.67 Å². The van der Waals surface area contributed by atoms with E-state index in [4.69, 9.17) is 4.74 Å². The van der Waals surface area contributed by atoms with Gasteiger partial charge in [-0.05, 0) is 31.4 Å². The van der Waals surface area contributed by atoms with Gasteiger partial charge in [-0.15, -0.1) is 0 Å². The highest BCUT2D eigenvalue weighted by Gasteiger charge is 2.13. The first-order chi connectivity index (χ1) is 11.9. The molecule has 1 nitrogen and oxygen atoms in total. The maximum Gasteiger partial charge on any atom is 0.118 e. The highest BCUT2D eigenvalue weighted by molar-refractivity contribution is 8.22. The lowest BCUT2D eigenvalue weighted by Crippen LogP contribution is -2.23. The zero-order chi connectivity index (χ0) is 17.1. The smallest absolute Gasteiger partial charge is 0.118 e. The van der Waals surface area contributed by atoms with Crippen LogP contribution in [0.2, 0.25) is 0 Å². The third-order valence-electron chi connectivity index (χ3n) is 5.22. The summed E-state index contributed by atoms with van der Waals surface area (Å²) in [5.41, 5.74) is 0.704. The average Bonchev–Trinajstić information content (AvgIpc) is 2.62. The fourth-order valence-corrected chi connectivity index (χ4v) is 7.80. The summed E-state index contributed by atoms with van der Waals surface area (Å²) in [5, 5.41) is 0. The lowest BCUT2D eigenvalue weighted by Gasteiger charge is -2.21. The van der Waals surface area contributed by atoms with Crippen LogP contribution >= 0.6 is 11.2 Å². The minimum absolute atomic E-state index is 0.00327. The summed E-state index contributed by atoms with van der Waals surface area (Å²) in [4.78, 5) is 0. The van der Waals surface area contributed by atoms with Crippen LogP contribution in [0.3, 0.4) is 0 Å². The number of rotatable bonds is 17.